The van der Waals surface area contributed by atoms with Gasteiger partial charge in [0.25, 0.3) is 0 Å². The van der Waals surface area contributed by atoms with Crippen LogP contribution in [0.4, 0.5) is 0 Å². The Morgan fingerprint density at radius 2 is 1.26 bits per heavy atom. The summed E-state index contributed by atoms with van der Waals surface area (Å²) in [7, 11) is 0. The molecular weight excluding hydrogens is 394 g/mol. The van der Waals surface area contributed by atoms with Crippen molar-refractivity contribution in [3.8, 4) is 11.5 Å². The number of phenols is 2. The molecule has 0 spiro atoms. The Bertz CT molecular complexity index is 1000. The van der Waals surface area contributed by atoms with E-state index in [2.05, 4.69) is 0 Å². The van der Waals surface area contributed by atoms with Crippen LogP contribution in [0, 0.1) is 5.92 Å². The number of Topliss-reactive ketones (excluding diaryl/α,β-unsaturated/α-hetero) is 1. The lowest BCUT2D eigenvalue weighted by Gasteiger charge is -2.19. The van der Waals surface area contributed by atoms with E-state index in [1.54, 1.807) is 24.3 Å². The molecule has 0 unspecified atom stereocenters. The van der Waals surface area contributed by atoms with Crippen molar-refractivity contribution in [2.75, 3.05) is 0 Å². The van der Waals surface area contributed by atoms with Gasteiger partial charge in [-0.3, -0.25) is 9.59 Å². The predicted molar refractivity (Wildman–Crippen MR) is 116 cm³/mol. The van der Waals surface area contributed by atoms with Gasteiger partial charge in [0.15, 0.2) is 5.78 Å². The van der Waals surface area contributed by atoms with Crippen molar-refractivity contribution in [2.24, 2.45) is 11.7 Å². The molecule has 0 saturated carbocycles. The fourth-order valence-electron chi connectivity index (χ4n) is 3.24. The summed E-state index contributed by atoms with van der Waals surface area (Å²) in [6, 6.07) is 21.1. The van der Waals surface area contributed by atoms with Crippen LogP contribution >= 0.6 is 0 Å². The van der Waals surface area contributed by atoms with Gasteiger partial charge < -0.3 is 20.7 Å². The number of aromatic hydroxyl groups is 2. The quantitative estimate of drug-likeness (QED) is 0.363. The van der Waals surface area contributed by atoms with Gasteiger partial charge in [0.05, 0.1) is 6.04 Å². The molecule has 0 saturated heterocycles. The number of nitrogens with two attached hydrogens (primary N) is 1. The minimum absolute atomic E-state index is 0.0617. The molecule has 3 aromatic carbocycles. The number of ether oxygens (including phenoxy) is 1. The van der Waals surface area contributed by atoms with Gasteiger partial charge in [0.1, 0.15) is 24.0 Å². The molecule has 6 nitrogen and oxygen atoms in total. The Morgan fingerprint density at radius 1 is 0.742 bits per heavy atom. The first-order valence-corrected chi connectivity index (χ1v) is 9.98. The lowest BCUT2D eigenvalue weighted by molar-refractivity contribution is -0.153. The predicted octanol–water partition coefficient (Wildman–Crippen LogP) is 3.14. The molecule has 0 aliphatic rings. The molecule has 0 aliphatic carbocycles. The number of ketones is 1. The first-order valence-electron chi connectivity index (χ1n) is 9.98. The van der Waals surface area contributed by atoms with Crippen molar-refractivity contribution in [3.63, 3.8) is 0 Å². The van der Waals surface area contributed by atoms with E-state index in [4.69, 9.17) is 10.5 Å². The third kappa shape index (κ3) is 6.42. The zero-order valence-electron chi connectivity index (χ0n) is 17.0. The summed E-state index contributed by atoms with van der Waals surface area (Å²) in [5.74, 6) is -1.90. The number of hydrogen-bond donors (Lipinski definition) is 3. The molecule has 0 aliphatic heterocycles. The van der Waals surface area contributed by atoms with Gasteiger partial charge in [-0.2, -0.15) is 0 Å². The van der Waals surface area contributed by atoms with E-state index in [1.165, 1.54) is 24.3 Å². The zero-order chi connectivity index (χ0) is 22.2. The normalized spacial score (nSPS) is 12.7. The van der Waals surface area contributed by atoms with Crippen molar-refractivity contribution in [3.05, 3.63) is 95.6 Å². The SMILES string of the molecule is N[C@@H](Cc1ccc(O)cc1)C(=O)[C@@H](Cc1ccc(O)cc1)C(=O)OCc1ccccc1. The Kier molecular flexibility index (Phi) is 7.40. The summed E-state index contributed by atoms with van der Waals surface area (Å²) in [5.41, 5.74) is 8.46. The molecule has 0 amide bonds. The van der Waals surface area contributed by atoms with E-state index in [9.17, 15) is 19.8 Å². The number of phenolic OH excluding ortho intramolecular Hbond substituents is 2. The van der Waals surface area contributed by atoms with Crippen molar-refractivity contribution in [2.45, 2.75) is 25.5 Å². The summed E-state index contributed by atoms with van der Waals surface area (Å²) < 4.78 is 5.43. The number of esters is 1. The maximum atomic E-state index is 13.1. The Labute approximate surface area is 180 Å². The number of carbonyl (C=O) groups is 2. The van der Waals surface area contributed by atoms with Crippen molar-refractivity contribution in [1.82, 2.24) is 0 Å². The van der Waals surface area contributed by atoms with E-state index >= 15 is 0 Å². The van der Waals surface area contributed by atoms with Crippen LogP contribution < -0.4 is 5.73 Å². The molecule has 4 N–H and O–H groups in total. The topological polar surface area (TPSA) is 110 Å². The van der Waals surface area contributed by atoms with Crippen LogP contribution in [0.15, 0.2) is 78.9 Å². The second-order valence-corrected chi connectivity index (χ2v) is 7.40. The van der Waals surface area contributed by atoms with E-state index in [1.807, 2.05) is 30.3 Å². The minimum atomic E-state index is -1.07. The zero-order valence-corrected chi connectivity index (χ0v) is 17.0. The van der Waals surface area contributed by atoms with Crippen LogP contribution in [0.25, 0.3) is 0 Å². The van der Waals surface area contributed by atoms with Crippen molar-refractivity contribution in [1.29, 1.82) is 0 Å². The van der Waals surface area contributed by atoms with Gasteiger partial charge in [-0.15, -0.1) is 0 Å². The Hall–Kier alpha value is -3.64. The number of benzene rings is 3. The fourth-order valence-corrected chi connectivity index (χ4v) is 3.24. The molecule has 3 rings (SSSR count). The lowest BCUT2D eigenvalue weighted by Crippen LogP contribution is -2.42. The summed E-state index contributed by atoms with van der Waals surface area (Å²) in [6.07, 6.45) is 0.354. The molecular formula is C25H25NO5. The number of rotatable bonds is 9. The summed E-state index contributed by atoms with van der Waals surface area (Å²) in [6.45, 7) is 0.0617. The highest BCUT2D eigenvalue weighted by Crippen LogP contribution is 2.19. The van der Waals surface area contributed by atoms with E-state index in [0.717, 1.165) is 11.1 Å². The standard InChI is InChI=1S/C25H25NO5/c26-23(15-18-8-12-21(28)13-9-18)24(29)22(14-17-6-10-20(27)11-7-17)25(30)31-16-19-4-2-1-3-5-19/h1-13,22-23,27-28H,14-16,26H2/t22-,23+/m1/s1. The van der Waals surface area contributed by atoms with Crippen LogP contribution in [0.3, 0.4) is 0 Å². The molecule has 6 heteroatoms. The monoisotopic (exact) mass is 419 g/mol. The molecule has 0 bridgehead atoms. The number of carbonyl (C=O) groups excluding carboxylic acids is 2. The largest absolute Gasteiger partial charge is 0.508 e. The van der Waals surface area contributed by atoms with Crippen LogP contribution in [-0.4, -0.2) is 28.0 Å². The highest BCUT2D eigenvalue weighted by molar-refractivity contribution is 6.02. The first-order chi connectivity index (χ1) is 14.9. The molecule has 31 heavy (non-hydrogen) atoms. The summed E-state index contributed by atoms with van der Waals surface area (Å²) >= 11 is 0. The lowest BCUT2D eigenvalue weighted by atomic mass is 9.89. The average Bonchev–Trinajstić information content (AvgIpc) is 2.79. The van der Waals surface area contributed by atoms with Gasteiger partial charge >= 0.3 is 5.97 Å². The van der Waals surface area contributed by atoms with Crippen LogP contribution in [0.5, 0.6) is 11.5 Å². The van der Waals surface area contributed by atoms with Crippen molar-refractivity contribution >= 4 is 11.8 Å². The fraction of sp³-hybridized carbons (Fsp3) is 0.200. The third-order valence-corrected chi connectivity index (χ3v) is 4.99. The van der Waals surface area contributed by atoms with Gasteiger partial charge in [-0.25, -0.2) is 0 Å². The van der Waals surface area contributed by atoms with Crippen molar-refractivity contribution < 1.29 is 24.5 Å². The average molecular weight is 419 g/mol. The summed E-state index contributed by atoms with van der Waals surface area (Å²) in [4.78, 5) is 26.0. The van der Waals surface area contributed by atoms with Gasteiger partial charge in [-0.05, 0) is 53.8 Å². The molecule has 160 valence electrons. The van der Waals surface area contributed by atoms with E-state index in [-0.39, 0.29) is 30.9 Å². The maximum absolute atomic E-state index is 13.1. The van der Waals surface area contributed by atoms with E-state index in [0.29, 0.717) is 5.56 Å². The molecule has 0 aromatic heterocycles. The van der Waals surface area contributed by atoms with Crippen LogP contribution in [0.2, 0.25) is 0 Å². The second kappa shape index (κ2) is 10.4. The van der Waals surface area contributed by atoms with Gasteiger partial charge in [-0.1, -0.05) is 54.6 Å². The molecule has 0 heterocycles. The van der Waals surface area contributed by atoms with Crippen LogP contribution in [-0.2, 0) is 33.8 Å². The highest BCUT2D eigenvalue weighted by Gasteiger charge is 2.32. The Balaban J connectivity index is 1.74. The smallest absolute Gasteiger partial charge is 0.317 e. The number of hydrogen-bond acceptors (Lipinski definition) is 6. The van der Waals surface area contributed by atoms with Crippen LogP contribution in [0.1, 0.15) is 16.7 Å². The van der Waals surface area contributed by atoms with Gasteiger partial charge in [0.2, 0.25) is 0 Å². The van der Waals surface area contributed by atoms with E-state index < -0.39 is 23.7 Å². The third-order valence-electron chi connectivity index (χ3n) is 4.99. The Morgan fingerprint density at radius 3 is 1.81 bits per heavy atom. The molecule has 2 atom stereocenters. The molecule has 0 fully saturated rings. The molecule has 3 aromatic rings. The maximum Gasteiger partial charge on any atom is 0.317 e. The first kappa shape index (κ1) is 22.1. The molecule has 0 radical (unpaired) electrons. The minimum Gasteiger partial charge on any atom is -0.508 e. The van der Waals surface area contributed by atoms with Gasteiger partial charge in [0, 0.05) is 0 Å². The summed E-state index contributed by atoms with van der Waals surface area (Å²) in [5, 5.41) is 18.9. The second-order valence-electron chi connectivity index (χ2n) is 7.40. The highest BCUT2D eigenvalue weighted by atomic mass is 16.5.